The second-order valence-corrected chi connectivity index (χ2v) is 7.85. The van der Waals surface area contributed by atoms with Crippen molar-refractivity contribution in [3.05, 3.63) is 29.3 Å². The van der Waals surface area contributed by atoms with Gasteiger partial charge < -0.3 is 5.32 Å². The Hall–Kier alpha value is -1.07. The second-order valence-electron chi connectivity index (χ2n) is 5.80. The standard InChI is InChI=1S/C15H24N2O2S/c1-12-7-13(2)9-15(8-12)17(3)20(18,19)11-14-5-4-6-16-10-14/h7-9,14,16H,4-6,10-11H2,1-3H3. The summed E-state index contributed by atoms with van der Waals surface area (Å²) in [6, 6.07) is 5.89. The molecule has 1 aromatic rings. The Morgan fingerprint density at radius 2 is 1.90 bits per heavy atom. The number of nitrogens with zero attached hydrogens (tertiary/aromatic N) is 1. The number of rotatable bonds is 4. The van der Waals surface area contributed by atoms with Crippen LogP contribution in [-0.2, 0) is 10.0 Å². The molecular weight excluding hydrogens is 272 g/mol. The molecule has 0 radical (unpaired) electrons. The smallest absolute Gasteiger partial charge is 0.235 e. The summed E-state index contributed by atoms with van der Waals surface area (Å²) in [7, 11) is -1.60. The molecule has 1 fully saturated rings. The van der Waals surface area contributed by atoms with Crippen molar-refractivity contribution in [3.8, 4) is 0 Å². The van der Waals surface area contributed by atoms with Crippen LogP contribution >= 0.6 is 0 Å². The number of aryl methyl sites for hydroxylation is 2. The van der Waals surface area contributed by atoms with Gasteiger partial charge in [0.2, 0.25) is 10.0 Å². The molecule has 1 aromatic carbocycles. The highest BCUT2D eigenvalue weighted by Crippen LogP contribution is 2.22. The molecule has 112 valence electrons. The van der Waals surface area contributed by atoms with Crippen LogP contribution in [0, 0.1) is 19.8 Å². The molecule has 1 atom stereocenters. The molecule has 1 aliphatic heterocycles. The average Bonchev–Trinajstić information content (AvgIpc) is 2.37. The summed E-state index contributed by atoms with van der Waals surface area (Å²) < 4.78 is 26.5. The van der Waals surface area contributed by atoms with Gasteiger partial charge >= 0.3 is 0 Å². The minimum Gasteiger partial charge on any atom is -0.316 e. The van der Waals surface area contributed by atoms with E-state index in [1.54, 1.807) is 7.05 Å². The van der Waals surface area contributed by atoms with Crippen LogP contribution in [0.1, 0.15) is 24.0 Å². The van der Waals surface area contributed by atoms with Crippen molar-refractivity contribution in [1.29, 1.82) is 0 Å². The lowest BCUT2D eigenvalue weighted by molar-refractivity contribution is 0.404. The SMILES string of the molecule is Cc1cc(C)cc(N(C)S(=O)(=O)CC2CCCNC2)c1. The van der Waals surface area contributed by atoms with Crippen molar-refractivity contribution in [2.24, 2.45) is 5.92 Å². The molecule has 2 rings (SSSR count). The third-order valence-corrected chi connectivity index (χ3v) is 5.77. The van der Waals surface area contributed by atoms with Gasteiger partial charge in [0.15, 0.2) is 0 Å². The van der Waals surface area contributed by atoms with Crippen LogP contribution in [-0.4, -0.2) is 34.3 Å². The molecule has 0 saturated carbocycles. The predicted octanol–water partition coefficient (Wildman–Crippen LogP) is 2.07. The fourth-order valence-electron chi connectivity index (χ4n) is 2.77. The van der Waals surface area contributed by atoms with Crippen LogP contribution in [0.3, 0.4) is 0 Å². The number of piperidine rings is 1. The van der Waals surface area contributed by atoms with Crippen LogP contribution < -0.4 is 9.62 Å². The molecular formula is C15H24N2O2S. The fraction of sp³-hybridized carbons (Fsp3) is 0.600. The molecule has 0 aromatic heterocycles. The summed E-state index contributed by atoms with van der Waals surface area (Å²) in [6.45, 7) is 5.79. The monoisotopic (exact) mass is 296 g/mol. The van der Waals surface area contributed by atoms with Gasteiger partial charge in [0.05, 0.1) is 11.4 Å². The van der Waals surface area contributed by atoms with E-state index in [1.807, 2.05) is 26.0 Å². The van der Waals surface area contributed by atoms with E-state index in [1.165, 1.54) is 4.31 Å². The van der Waals surface area contributed by atoms with E-state index in [9.17, 15) is 8.42 Å². The number of nitrogens with one attached hydrogen (secondary N) is 1. The van der Waals surface area contributed by atoms with Crippen LogP contribution in [0.4, 0.5) is 5.69 Å². The molecule has 0 spiro atoms. The molecule has 0 amide bonds. The van der Waals surface area contributed by atoms with Gasteiger partial charge in [-0.3, -0.25) is 4.31 Å². The topological polar surface area (TPSA) is 49.4 Å². The largest absolute Gasteiger partial charge is 0.316 e. The maximum atomic E-state index is 12.5. The molecule has 5 heteroatoms. The summed E-state index contributed by atoms with van der Waals surface area (Å²) in [4.78, 5) is 0. The zero-order chi connectivity index (χ0) is 14.8. The third kappa shape index (κ3) is 3.73. The highest BCUT2D eigenvalue weighted by Gasteiger charge is 2.25. The van der Waals surface area contributed by atoms with Crippen molar-refractivity contribution in [3.63, 3.8) is 0 Å². The summed E-state index contributed by atoms with van der Waals surface area (Å²) in [6.07, 6.45) is 2.06. The fourth-order valence-corrected chi connectivity index (χ4v) is 4.30. The van der Waals surface area contributed by atoms with Crippen LogP contribution in [0.15, 0.2) is 18.2 Å². The van der Waals surface area contributed by atoms with E-state index >= 15 is 0 Å². The zero-order valence-corrected chi connectivity index (χ0v) is 13.3. The Morgan fingerprint density at radius 1 is 1.25 bits per heavy atom. The van der Waals surface area contributed by atoms with E-state index < -0.39 is 10.0 Å². The van der Waals surface area contributed by atoms with E-state index in [4.69, 9.17) is 0 Å². The van der Waals surface area contributed by atoms with E-state index in [0.717, 1.165) is 42.7 Å². The predicted molar refractivity (Wildman–Crippen MR) is 83.7 cm³/mol. The van der Waals surface area contributed by atoms with Gasteiger partial charge in [-0.1, -0.05) is 6.07 Å². The Labute approximate surface area is 122 Å². The van der Waals surface area contributed by atoms with Crippen molar-refractivity contribution in [1.82, 2.24) is 5.32 Å². The molecule has 1 saturated heterocycles. The molecule has 1 N–H and O–H groups in total. The van der Waals surface area contributed by atoms with E-state index in [2.05, 4.69) is 11.4 Å². The zero-order valence-electron chi connectivity index (χ0n) is 12.5. The average molecular weight is 296 g/mol. The molecule has 20 heavy (non-hydrogen) atoms. The van der Waals surface area contributed by atoms with Crippen molar-refractivity contribution in [2.75, 3.05) is 30.2 Å². The minimum absolute atomic E-state index is 0.224. The number of sulfonamides is 1. The third-order valence-electron chi connectivity index (χ3n) is 3.83. The lowest BCUT2D eigenvalue weighted by atomic mass is 10.0. The van der Waals surface area contributed by atoms with E-state index in [-0.39, 0.29) is 11.7 Å². The van der Waals surface area contributed by atoms with Gasteiger partial charge in [-0.25, -0.2) is 8.42 Å². The van der Waals surface area contributed by atoms with Gasteiger partial charge in [0.1, 0.15) is 0 Å². The molecule has 1 heterocycles. The van der Waals surface area contributed by atoms with Crippen molar-refractivity contribution >= 4 is 15.7 Å². The molecule has 1 unspecified atom stereocenters. The van der Waals surface area contributed by atoms with Crippen LogP contribution in [0.2, 0.25) is 0 Å². The lowest BCUT2D eigenvalue weighted by Crippen LogP contribution is -2.38. The summed E-state index contributed by atoms with van der Waals surface area (Å²) in [5.41, 5.74) is 2.93. The first-order valence-electron chi connectivity index (χ1n) is 7.14. The van der Waals surface area contributed by atoms with E-state index in [0.29, 0.717) is 0 Å². The highest BCUT2D eigenvalue weighted by atomic mass is 32.2. The normalized spacial score (nSPS) is 19.9. The lowest BCUT2D eigenvalue weighted by Gasteiger charge is -2.26. The maximum absolute atomic E-state index is 12.5. The summed E-state index contributed by atoms with van der Waals surface area (Å²) in [5.74, 6) is 0.450. The minimum atomic E-state index is -3.25. The highest BCUT2D eigenvalue weighted by molar-refractivity contribution is 7.92. The Balaban J connectivity index is 2.15. The van der Waals surface area contributed by atoms with Gasteiger partial charge in [-0.05, 0) is 69.0 Å². The summed E-state index contributed by atoms with van der Waals surface area (Å²) in [5, 5.41) is 3.27. The first-order valence-corrected chi connectivity index (χ1v) is 8.75. The first kappa shape index (κ1) is 15.3. The molecule has 1 aliphatic rings. The molecule has 0 bridgehead atoms. The van der Waals surface area contributed by atoms with Gasteiger partial charge in [-0.2, -0.15) is 0 Å². The Morgan fingerprint density at radius 3 is 2.45 bits per heavy atom. The molecule has 0 aliphatic carbocycles. The van der Waals surface area contributed by atoms with Crippen molar-refractivity contribution < 1.29 is 8.42 Å². The summed E-state index contributed by atoms with van der Waals surface area (Å²) >= 11 is 0. The quantitative estimate of drug-likeness (QED) is 0.925. The second kappa shape index (κ2) is 6.14. The number of benzene rings is 1. The van der Waals surface area contributed by atoms with Crippen molar-refractivity contribution in [2.45, 2.75) is 26.7 Å². The Bertz CT molecular complexity index is 543. The first-order chi connectivity index (χ1) is 9.38. The van der Waals surface area contributed by atoms with Crippen LogP contribution in [0.5, 0.6) is 0 Å². The molecule has 4 nitrogen and oxygen atoms in total. The Kier molecular flexibility index (Phi) is 4.70. The van der Waals surface area contributed by atoms with Gasteiger partial charge in [-0.15, -0.1) is 0 Å². The van der Waals surface area contributed by atoms with Gasteiger partial charge in [0.25, 0.3) is 0 Å². The number of hydrogen-bond acceptors (Lipinski definition) is 3. The number of anilines is 1. The number of hydrogen-bond donors (Lipinski definition) is 1. The maximum Gasteiger partial charge on any atom is 0.235 e. The van der Waals surface area contributed by atoms with Crippen LogP contribution in [0.25, 0.3) is 0 Å². The van der Waals surface area contributed by atoms with Gasteiger partial charge in [0, 0.05) is 7.05 Å².